The van der Waals surface area contributed by atoms with E-state index < -0.39 is 6.49 Å². The maximum Gasteiger partial charge on any atom is 0.0700 e. The standard InChI is InChI=1S/C9H18BO3PS/c1-12-6-7-3-4-8(10)5-9(7)13-14(2,11)15/h7-9H,3-6H2,1-2H3,(H,11,15)/p-1/t7?,8-,9?,14?/m0/s1. The molecular formula is C9H17BO3PS-. The Morgan fingerprint density at radius 3 is 2.73 bits per heavy atom. The van der Waals surface area contributed by atoms with E-state index in [1.54, 1.807) is 7.11 Å². The van der Waals surface area contributed by atoms with Gasteiger partial charge in [0.2, 0.25) is 0 Å². The van der Waals surface area contributed by atoms with Crippen LogP contribution in [0.3, 0.4) is 0 Å². The number of hydrogen-bond donors (Lipinski definition) is 0. The van der Waals surface area contributed by atoms with Crippen LogP contribution >= 0.6 is 6.49 Å². The van der Waals surface area contributed by atoms with Crippen LogP contribution in [0.2, 0.25) is 5.82 Å². The van der Waals surface area contributed by atoms with E-state index in [1.807, 2.05) is 0 Å². The Morgan fingerprint density at radius 1 is 1.53 bits per heavy atom. The molecule has 0 spiro atoms. The van der Waals surface area contributed by atoms with E-state index in [9.17, 15) is 4.89 Å². The largest absolute Gasteiger partial charge is 0.801 e. The monoisotopic (exact) mass is 247 g/mol. The maximum atomic E-state index is 11.5. The van der Waals surface area contributed by atoms with Crippen molar-refractivity contribution in [3.63, 3.8) is 0 Å². The molecule has 6 heteroatoms. The predicted molar refractivity (Wildman–Crippen MR) is 63.8 cm³/mol. The van der Waals surface area contributed by atoms with Crippen molar-refractivity contribution in [2.24, 2.45) is 5.92 Å². The lowest BCUT2D eigenvalue weighted by Gasteiger charge is -2.39. The highest BCUT2D eigenvalue weighted by atomic mass is 32.5. The molecule has 86 valence electrons. The van der Waals surface area contributed by atoms with E-state index in [0.717, 1.165) is 19.3 Å². The zero-order chi connectivity index (χ0) is 11.5. The van der Waals surface area contributed by atoms with Crippen molar-refractivity contribution in [1.29, 1.82) is 0 Å². The van der Waals surface area contributed by atoms with Crippen molar-refractivity contribution in [3.05, 3.63) is 0 Å². The fourth-order valence-electron chi connectivity index (χ4n) is 2.00. The average Bonchev–Trinajstić information content (AvgIpc) is 2.07. The molecule has 0 aromatic heterocycles. The van der Waals surface area contributed by atoms with Crippen molar-refractivity contribution in [2.45, 2.75) is 31.2 Å². The van der Waals surface area contributed by atoms with Gasteiger partial charge in [-0.05, 0) is 26.0 Å². The maximum absolute atomic E-state index is 11.5. The van der Waals surface area contributed by atoms with Gasteiger partial charge in [0, 0.05) is 13.0 Å². The molecule has 2 radical (unpaired) electrons. The van der Waals surface area contributed by atoms with Gasteiger partial charge in [-0.15, -0.1) is 0 Å². The van der Waals surface area contributed by atoms with Crippen LogP contribution in [0.15, 0.2) is 0 Å². The molecule has 4 atom stereocenters. The van der Waals surface area contributed by atoms with Gasteiger partial charge in [-0.2, -0.15) is 0 Å². The summed E-state index contributed by atoms with van der Waals surface area (Å²) in [7, 11) is 7.52. The Labute approximate surface area is 98.1 Å². The van der Waals surface area contributed by atoms with Gasteiger partial charge in [-0.1, -0.05) is 24.0 Å². The highest BCUT2D eigenvalue weighted by Gasteiger charge is 2.29. The van der Waals surface area contributed by atoms with Gasteiger partial charge in [0.15, 0.2) is 0 Å². The van der Waals surface area contributed by atoms with Crippen LogP contribution in [0.25, 0.3) is 0 Å². The minimum atomic E-state index is -2.85. The minimum Gasteiger partial charge on any atom is -0.801 e. The van der Waals surface area contributed by atoms with Crippen LogP contribution in [0.4, 0.5) is 0 Å². The van der Waals surface area contributed by atoms with E-state index in [2.05, 4.69) is 0 Å². The van der Waals surface area contributed by atoms with Crippen LogP contribution in [0, 0.1) is 5.92 Å². The van der Waals surface area contributed by atoms with Crippen LogP contribution < -0.4 is 4.89 Å². The molecule has 1 aliphatic rings. The molecule has 1 saturated carbocycles. The summed E-state index contributed by atoms with van der Waals surface area (Å²) in [5.74, 6) is 0.399. The molecule has 15 heavy (non-hydrogen) atoms. The third-order valence-corrected chi connectivity index (χ3v) is 3.59. The van der Waals surface area contributed by atoms with Crippen molar-refractivity contribution in [3.8, 4) is 0 Å². The zero-order valence-corrected chi connectivity index (χ0v) is 10.9. The number of hydrogen-bond acceptors (Lipinski definition) is 4. The molecule has 1 aliphatic carbocycles. The number of methoxy groups -OCH3 is 1. The first-order valence-electron chi connectivity index (χ1n) is 5.14. The van der Waals surface area contributed by atoms with Gasteiger partial charge < -0.3 is 14.2 Å². The second-order valence-electron chi connectivity index (χ2n) is 4.20. The molecule has 3 nitrogen and oxygen atoms in total. The molecule has 3 unspecified atom stereocenters. The van der Waals surface area contributed by atoms with E-state index in [4.69, 9.17) is 28.9 Å². The molecule has 1 fully saturated rings. The second kappa shape index (κ2) is 5.78. The van der Waals surface area contributed by atoms with Crippen LogP contribution in [-0.4, -0.2) is 34.3 Å². The molecule has 0 N–H and O–H groups in total. The van der Waals surface area contributed by atoms with E-state index in [1.165, 1.54) is 6.66 Å². The van der Waals surface area contributed by atoms with Crippen LogP contribution in [0.5, 0.6) is 0 Å². The van der Waals surface area contributed by atoms with Gasteiger partial charge in [-0.25, -0.2) is 0 Å². The molecule has 0 aliphatic heterocycles. The lowest BCUT2D eigenvalue weighted by Crippen LogP contribution is -2.33. The van der Waals surface area contributed by atoms with Gasteiger partial charge in [0.25, 0.3) is 0 Å². The highest BCUT2D eigenvalue weighted by molar-refractivity contribution is 8.08. The summed E-state index contributed by atoms with van der Waals surface area (Å²) < 4.78 is 10.5. The third-order valence-electron chi connectivity index (χ3n) is 2.68. The lowest BCUT2D eigenvalue weighted by molar-refractivity contribution is -0.187. The summed E-state index contributed by atoms with van der Waals surface area (Å²) in [5.41, 5.74) is 0. The molecule has 0 aromatic rings. The molecule has 0 heterocycles. The first-order valence-corrected chi connectivity index (χ1v) is 8.22. The van der Waals surface area contributed by atoms with Gasteiger partial charge in [-0.3, -0.25) is 0 Å². The molecule has 1 rings (SSSR count). The number of ether oxygens (including phenoxy) is 1. The minimum absolute atomic E-state index is 0.109. The Kier molecular flexibility index (Phi) is 5.27. The van der Waals surface area contributed by atoms with Crippen LogP contribution in [-0.2, 0) is 21.1 Å². The molecule has 0 saturated heterocycles. The first kappa shape index (κ1) is 13.7. The Balaban J connectivity index is 2.57. The predicted octanol–water partition coefficient (Wildman–Crippen LogP) is 1.07. The summed E-state index contributed by atoms with van der Waals surface area (Å²) >= 11 is 4.79. The Bertz CT molecular complexity index is 246. The fourth-order valence-corrected chi connectivity index (χ4v) is 3.08. The molecule has 0 amide bonds. The van der Waals surface area contributed by atoms with Crippen LogP contribution in [0.1, 0.15) is 19.3 Å². The zero-order valence-electron chi connectivity index (χ0n) is 9.22. The van der Waals surface area contributed by atoms with Crippen molar-refractivity contribution in [2.75, 3.05) is 20.4 Å². The van der Waals surface area contributed by atoms with Gasteiger partial charge in [0.05, 0.1) is 20.6 Å². The van der Waals surface area contributed by atoms with Gasteiger partial charge in [0.1, 0.15) is 0 Å². The molecule has 0 bridgehead atoms. The lowest BCUT2D eigenvalue weighted by atomic mass is 9.71. The van der Waals surface area contributed by atoms with Crippen molar-refractivity contribution < 1.29 is 14.2 Å². The fraction of sp³-hybridized carbons (Fsp3) is 1.00. The summed E-state index contributed by atoms with van der Waals surface area (Å²) in [6.07, 6.45) is 2.54. The highest BCUT2D eigenvalue weighted by Crippen LogP contribution is 2.42. The van der Waals surface area contributed by atoms with E-state index in [0.29, 0.717) is 6.61 Å². The Hall–Kier alpha value is 0.595. The summed E-state index contributed by atoms with van der Waals surface area (Å²) in [5, 5.41) is 0. The number of rotatable bonds is 4. The topological polar surface area (TPSA) is 41.5 Å². The summed E-state index contributed by atoms with van der Waals surface area (Å²) in [6.45, 7) is -0.767. The van der Waals surface area contributed by atoms with Crippen molar-refractivity contribution >= 4 is 26.1 Å². The summed E-state index contributed by atoms with van der Waals surface area (Å²) in [6, 6.07) is 0. The molecule has 0 aromatic carbocycles. The normalized spacial score (nSPS) is 36.1. The third kappa shape index (κ3) is 4.96. The molecular weight excluding hydrogens is 230 g/mol. The Morgan fingerprint density at radius 2 is 2.20 bits per heavy atom. The SMILES string of the molecule is [B][C@H]1CCC(COC)C(OP(C)([O-])=S)C1. The summed E-state index contributed by atoms with van der Waals surface area (Å²) in [4.78, 5) is 11.5. The first-order chi connectivity index (χ1) is 6.92. The average molecular weight is 247 g/mol. The second-order valence-corrected chi connectivity index (χ2v) is 7.95. The van der Waals surface area contributed by atoms with E-state index >= 15 is 0 Å². The van der Waals surface area contributed by atoms with Crippen molar-refractivity contribution in [1.82, 2.24) is 0 Å². The van der Waals surface area contributed by atoms with E-state index in [-0.39, 0.29) is 17.8 Å². The quantitative estimate of drug-likeness (QED) is 0.550. The smallest absolute Gasteiger partial charge is 0.0700 e. The van der Waals surface area contributed by atoms with Gasteiger partial charge >= 0.3 is 0 Å².